The van der Waals surface area contributed by atoms with E-state index in [1.807, 2.05) is 24.3 Å². The number of ether oxygens (including phenoxy) is 1. The van der Waals surface area contributed by atoms with E-state index in [4.69, 9.17) is 9.84 Å². The highest BCUT2D eigenvalue weighted by Gasteiger charge is 2.32. The monoisotopic (exact) mass is 293 g/mol. The molecule has 0 aliphatic heterocycles. The van der Waals surface area contributed by atoms with Crippen molar-refractivity contribution in [1.82, 2.24) is 5.32 Å². The minimum absolute atomic E-state index is 0.123. The number of aliphatic carboxylic acids is 1. The summed E-state index contributed by atoms with van der Waals surface area (Å²) in [7, 11) is 0. The van der Waals surface area contributed by atoms with E-state index >= 15 is 0 Å². The number of hydrogen-bond acceptors (Lipinski definition) is 3. The molecule has 0 aliphatic rings. The molecule has 1 aromatic rings. The van der Waals surface area contributed by atoms with Crippen LogP contribution in [0.5, 0.6) is 5.75 Å². The van der Waals surface area contributed by atoms with Gasteiger partial charge in [-0.3, -0.25) is 4.79 Å². The molecule has 1 unspecified atom stereocenters. The highest BCUT2D eigenvalue weighted by Crippen LogP contribution is 2.13. The molecule has 0 fully saturated rings. The number of carbonyl (C=O) groups is 2. The molecule has 1 rings (SSSR count). The number of amides is 1. The molecule has 116 valence electrons. The number of rotatable bonds is 8. The summed E-state index contributed by atoms with van der Waals surface area (Å²) in [5, 5.41) is 11.6. The van der Waals surface area contributed by atoms with Crippen LogP contribution in [0.3, 0.4) is 0 Å². The van der Waals surface area contributed by atoms with E-state index in [2.05, 4.69) is 12.2 Å². The van der Waals surface area contributed by atoms with Crippen LogP contribution in [-0.4, -0.2) is 29.1 Å². The summed E-state index contributed by atoms with van der Waals surface area (Å²) in [6.45, 7) is 5.52. The summed E-state index contributed by atoms with van der Waals surface area (Å²) in [6.07, 6.45) is 1.42. The average molecular weight is 293 g/mol. The highest BCUT2D eigenvalue weighted by atomic mass is 16.5. The number of carboxylic acid groups (broad SMARTS) is 1. The van der Waals surface area contributed by atoms with Crippen LogP contribution < -0.4 is 10.1 Å². The predicted molar refractivity (Wildman–Crippen MR) is 80.4 cm³/mol. The molecule has 0 bridgehead atoms. The van der Waals surface area contributed by atoms with Crippen molar-refractivity contribution >= 4 is 11.9 Å². The largest absolute Gasteiger partial charge is 0.493 e. The molecule has 1 amide bonds. The average Bonchev–Trinajstić information content (AvgIpc) is 2.47. The molecule has 0 saturated carbocycles. The Morgan fingerprint density at radius 1 is 1.24 bits per heavy atom. The lowest BCUT2D eigenvalue weighted by atomic mass is 9.99. The molecule has 0 aliphatic carbocycles. The lowest BCUT2D eigenvalue weighted by molar-refractivity contribution is -0.147. The molecule has 5 heteroatoms. The molecule has 0 heterocycles. The second kappa shape index (κ2) is 7.67. The van der Waals surface area contributed by atoms with Gasteiger partial charge in [-0.15, -0.1) is 0 Å². The first kappa shape index (κ1) is 17.0. The molecule has 0 aromatic heterocycles. The van der Waals surface area contributed by atoms with E-state index in [1.165, 1.54) is 12.5 Å². The van der Waals surface area contributed by atoms with Gasteiger partial charge in [0, 0.05) is 0 Å². The fourth-order valence-corrected chi connectivity index (χ4v) is 1.75. The zero-order chi connectivity index (χ0) is 15.9. The third-order valence-corrected chi connectivity index (χ3v) is 3.52. The maximum absolute atomic E-state index is 11.8. The summed E-state index contributed by atoms with van der Waals surface area (Å²) < 4.78 is 5.48. The fraction of sp³-hybridized carbons (Fsp3) is 0.500. The maximum atomic E-state index is 11.8. The molecular weight excluding hydrogens is 270 g/mol. The zero-order valence-electron chi connectivity index (χ0n) is 12.8. The van der Waals surface area contributed by atoms with Crippen molar-refractivity contribution < 1.29 is 19.4 Å². The van der Waals surface area contributed by atoms with Crippen LogP contribution >= 0.6 is 0 Å². The van der Waals surface area contributed by atoms with Gasteiger partial charge in [0.15, 0.2) is 0 Å². The third kappa shape index (κ3) is 5.10. The Morgan fingerprint density at radius 3 is 2.33 bits per heavy atom. The summed E-state index contributed by atoms with van der Waals surface area (Å²) in [4.78, 5) is 22.9. The molecule has 0 spiro atoms. The summed E-state index contributed by atoms with van der Waals surface area (Å²) in [6, 6.07) is 7.69. The van der Waals surface area contributed by atoms with Crippen molar-refractivity contribution in [1.29, 1.82) is 0 Å². The van der Waals surface area contributed by atoms with Crippen molar-refractivity contribution in [2.45, 2.75) is 45.6 Å². The summed E-state index contributed by atoms with van der Waals surface area (Å²) in [5.74, 6) is -0.655. The van der Waals surface area contributed by atoms with Gasteiger partial charge in [0.1, 0.15) is 11.3 Å². The van der Waals surface area contributed by atoms with Gasteiger partial charge in [-0.1, -0.05) is 26.0 Å². The number of hydrogen-bond donors (Lipinski definition) is 2. The standard InChI is InChI=1S/C16H23NO4/c1-4-12-6-8-13(9-7-12)21-11-10-14(18)17-16(3,5-2)15(19)20/h6-9H,4-5,10-11H2,1-3H3,(H,17,18)(H,19,20). The minimum Gasteiger partial charge on any atom is -0.493 e. The van der Waals surface area contributed by atoms with Gasteiger partial charge >= 0.3 is 5.97 Å². The SMILES string of the molecule is CCc1ccc(OCCC(=O)NC(C)(CC)C(=O)O)cc1. The second-order valence-corrected chi connectivity index (χ2v) is 5.13. The normalized spacial score (nSPS) is 13.3. The van der Waals surface area contributed by atoms with E-state index in [0.717, 1.165) is 6.42 Å². The van der Waals surface area contributed by atoms with Gasteiger partial charge in [0.05, 0.1) is 13.0 Å². The second-order valence-electron chi connectivity index (χ2n) is 5.13. The number of carboxylic acids is 1. The molecular formula is C16H23NO4. The topological polar surface area (TPSA) is 75.6 Å². The van der Waals surface area contributed by atoms with Crippen molar-refractivity contribution in [2.24, 2.45) is 0 Å². The van der Waals surface area contributed by atoms with E-state index < -0.39 is 11.5 Å². The first-order valence-electron chi connectivity index (χ1n) is 7.17. The Balaban J connectivity index is 2.41. The van der Waals surface area contributed by atoms with E-state index in [-0.39, 0.29) is 18.9 Å². The van der Waals surface area contributed by atoms with Gasteiger partial charge < -0.3 is 15.2 Å². The van der Waals surface area contributed by atoms with Crippen molar-refractivity contribution in [2.75, 3.05) is 6.61 Å². The Bertz CT molecular complexity index is 484. The third-order valence-electron chi connectivity index (χ3n) is 3.52. The summed E-state index contributed by atoms with van der Waals surface area (Å²) >= 11 is 0. The van der Waals surface area contributed by atoms with Gasteiger partial charge in [-0.2, -0.15) is 0 Å². The first-order chi connectivity index (χ1) is 9.91. The maximum Gasteiger partial charge on any atom is 0.329 e. The number of nitrogens with one attached hydrogen (secondary N) is 1. The smallest absolute Gasteiger partial charge is 0.329 e. The van der Waals surface area contributed by atoms with Crippen molar-refractivity contribution in [3.63, 3.8) is 0 Å². The molecule has 0 radical (unpaired) electrons. The van der Waals surface area contributed by atoms with Gasteiger partial charge in [-0.05, 0) is 37.5 Å². The lowest BCUT2D eigenvalue weighted by Crippen LogP contribution is -2.51. The van der Waals surface area contributed by atoms with Gasteiger partial charge in [0.25, 0.3) is 0 Å². The van der Waals surface area contributed by atoms with Crippen molar-refractivity contribution in [3.05, 3.63) is 29.8 Å². The van der Waals surface area contributed by atoms with E-state index in [1.54, 1.807) is 6.92 Å². The molecule has 21 heavy (non-hydrogen) atoms. The highest BCUT2D eigenvalue weighted by molar-refractivity contribution is 5.86. The van der Waals surface area contributed by atoms with Crippen LogP contribution in [0, 0.1) is 0 Å². The summed E-state index contributed by atoms with van der Waals surface area (Å²) in [5.41, 5.74) is 0.000103. The number of carbonyl (C=O) groups excluding carboxylic acids is 1. The molecule has 5 nitrogen and oxygen atoms in total. The van der Waals surface area contributed by atoms with Gasteiger partial charge in [0.2, 0.25) is 5.91 Å². The molecule has 1 aromatic carbocycles. The van der Waals surface area contributed by atoms with Crippen molar-refractivity contribution in [3.8, 4) is 5.75 Å². The van der Waals surface area contributed by atoms with Crippen LogP contribution in [0.15, 0.2) is 24.3 Å². The Morgan fingerprint density at radius 2 is 1.86 bits per heavy atom. The van der Waals surface area contributed by atoms with E-state index in [0.29, 0.717) is 12.2 Å². The first-order valence-corrected chi connectivity index (χ1v) is 7.17. The number of benzene rings is 1. The van der Waals surface area contributed by atoms with Crippen LogP contribution in [0.1, 0.15) is 39.2 Å². The lowest BCUT2D eigenvalue weighted by Gasteiger charge is -2.24. The van der Waals surface area contributed by atoms with Crippen LogP contribution in [-0.2, 0) is 16.0 Å². The Labute approximate surface area is 125 Å². The quantitative estimate of drug-likeness (QED) is 0.771. The van der Waals surface area contributed by atoms with Crippen LogP contribution in [0.2, 0.25) is 0 Å². The molecule has 0 saturated heterocycles. The number of aryl methyl sites for hydroxylation is 1. The van der Waals surface area contributed by atoms with E-state index in [9.17, 15) is 9.59 Å². The molecule has 2 N–H and O–H groups in total. The van der Waals surface area contributed by atoms with Crippen LogP contribution in [0.4, 0.5) is 0 Å². The minimum atomic E-state index is -1.22. The van der Waals surface area contributed by atoms with Gasteiger partial charge in [-0.25, -0.2) is 4.79 Å². The zero-order valence-corrected chi connectivity index (χ0v) is 12.8. The predicted octanol–water partition coefficient (Wildman–Crippen LogP) is 2.39. The Hall–Kier alpha value is -2.04. The molecule has 1 atom stereocenters. The Kier molecular flexibility index (Phi) is 6.21. The fourth-order valence-electron chi connectivity index (χ4n) is 1.75. The van der Waals surface area contributed by atoms with Crippen LogP contribution in [0.25, 0.3) is 0 Å².